The molecule has 0 saturated carbocycles. The summed E-state index contributed by atoms with van der Waals surface area (Å²) >= 11 is 0. The highest BCUT2D eigenvalue weighted by Gasteiger charge is 2.30. The Labute approximate surface area is 142 Å². The zero-order valence-electron chi connectivity index (χ0n) is 12.6. The van der Waals surface area contributed by atoms with E-state index < -0.39 is 27.0 Å². The molecule has 7 heteroatoms. The third-order valence-electron chi connectivity index (χ3n) is 4.05. The number of benzene rings is 3. The van der Waals surface area contributed by atoms with Gasteiger partial charge < -0.3 is 4.74 Å². The number of rotatable bonds is 2. The van der Waals surface area contributed by atoms with Crippen LogP contribution in [0.5, 0.6) is 0 Å². The molecule has 25 heavy (non-hydrogen) atoms. The first-order valence-corrected chi connectivity index (χ1v) is 8.70. The third-order valence-corrected chi connectivity index (χ3v) is 4.88. The van der Waals surface area contributed by atoms with Gasteiger partial charge in [0, 0.05) is 5.39 Å². The molecule has 124 valence electrons. The summed E-state index contributed by atoms with van der Waals surface area (Å²) in [6.07, 6.45) is 0. The quantitative estimate of drug-likeness (QED) is 0.431. The number of carbonyl (C=O) groups excluding carboxylic acids is 2. The van der Waals surface area contributed by atoms with Gasteiger partial charge in [-0.3, -0.25) is 4.55 Å². The van der Waals surface area contributed by atoms with Crippen LogP contribution in [-0.4, -0.2) is 24.9 Å². The molecule has 1 N–H and O–H groups in total. The van der Waals surface area contributed by atoms with Crippen LogP contribution in [-0.2, 0) is 14.9 Å². The largest absolute Gasteiger partial charge is 0.386 e. The van der Waals surface area contributed by atoms with Gasteiger partial charge in [-0.05, 0) is 40.8 Å². The van der Waals surface area contributed by atoms with E-state index in [1.54, 1.807) is 12.1 Å². The maximum Gasteiger partial charge on any atom is 0.346 e. The molecule has 0 bridgehead atoms. The molecule has 0 aliphatic carbocycles. The predicted octanol–water partition coefficient (Wildman–Crippen LogP) is 3.06. The Kier molecular flexibility index (Phi) is 3.24. The first kappa shape index (κ1) is 15.5. The normalized spacial score (nSPS) is 13.8. The lowest BCUT2D eigenvalue weighted by molar-refractivity contribution is 0.0391. The van der Waals surface area contributed by atoms with Gasteiger partial charge in [0.1, 0.15) is 0 Å². The Balaban J connectivity index is 2.13. The fraction of sp³-hybridized carbons (Fsp3) is 0. The molecule has 0 spiro atoms. The Hall–Kier alpha value is -3.03. The summed E-state index contributed by atoms with van der Waals surface area (Å²) in [7, 11) is -4.52. The van der Waals surface area contributed by atoms with Crippen LogP contribution in [0.1, 0.15) is 20.7 Å². The van der Waals surface area contributed by atoms with Crippen LogP contribution in [0.15, 0.2) is 59.5 Å². The van der Waals surface area contributed by atoms with E-state index in [2.05, 4.69) is 0 Å². The van der Waals surface area contributed by atoms with Gasteiger partial charge in [-0.25, -0.2) is 9.59 Å². The van der Waals surface area contributed by atoms with E-state index in [1.165, 1.54) is 6.07 Å². The Bertz CT molecular complexity index is 1160. The zero-order valence-corrected chi connectivity index (χ0v) is 13.4. The third kappa shape index (κ3) is 2.50. The first-order valence-electron chi connectivity index (χ1n) is 7.26. The molecule has 1 heterocycles. The molecule has 0 radical (unpaired) electrons. The summed E-state index contributed by atoms with van der Waals surface area (Å²) < 4.78 is 37.1. The second-order valence-corrected chi connectivity index (χ2v) is 7.03. The van der Waals surface area contributed by atoms with Crippen LogP contribution in [0.2, 0.25) is 0 Å². The number of cyclic esters (lactones) is 2. The van der Waals surface area contributed by atoms with Crippen LogP contribution in [0.3, 0.4) is 0 Å². The molecule has 0 saturated heterocycles. The summed E-state index contributed by atoms with van der Waals surface area (Å²) in [6, 6.07) is 14.7. The van der Waals surface area contributed by atoms with Gasteiger partial charge in [0.2, 0.25) is 0 Å². The summed E-state index contributed by atoms with van der Waals surface area (Å²) in [5.41, 5.74) is 1.57. The number of hydrogen-bond donors (Lipinski definition) is 1. The molecule has 3 aromatic carbocycles. The molecule has 4 rings (SSSR count). The van der Waals surface area contributed by atoms with Gasteiger partial charge >= 0.3 is 11.9 Å². The molecule has 0 aromatic heterocycles. The monoisotopic (exact) mass is 354 g/mol. The highest BCUT2D eigenvalue weighted by atomic mass is 32.2. The highest BCUT2D eigenvalue weighted by Crippen LogP contribution is 2.35. The van der Waals surface area contributed by atoms with E-state index in [9.17, 15) is 22.6 Å². The second kappa shape index (κ2) is 5.23. The van der Waals surface area contributed by atoms with E-state index in [-0.39, 0.29) is 11.1 Å². The molecular formula is C18H10O6S. The average Bonchev–Trinajstić information content (AvgIpc) is 2.58. The molecule has 0 fully saturated rings. The van der Waals surface area contributed by atoms with E-state index in [0.29, 0.717) is 16.3 Å². The van der Waals surface area contributed by atoms with Crippen LogP contribution in [0, 0.1) is 0 Å². The smallest absolute Gasteiger partial charge is 0.346 e. The van der Waals surface area contributed by atoms with Crippen molar-refractivity contribution in [3.8, 4) is 11.1 Å². The van der Waals surface area contributed by atoms with Crippen molar-refractivity contribution in [3.05, 3.63) is 65.7 Å². The van der Waals surface area contributed by atoms with Crippen molar-refractivity contribution in [3.63, 3.8) is 0 Å². The topological polar surface area (TPSA) is 97.7 Å². The van der Waals surface area contributed by atoms with Gasteiger partial charge in [-0.1, -0.05) is 30.3 Å². The fourth-order valence-electron chi connectivity index (χ4n) is 2.95. The minimum Gasteiger partial charge on any atom is -0.386 e. The Morgan fingerprint density at radius 3 is 2.08 bits per heavy atom. The van der Waals surface area contributed by atoms with E-state index >= 15 is 0 Å². The van der Waals surface area contributed by atoms with Gasteiger partial charge in [-0.15, -0.1) is 0 Å². The Morgan fingerprint density at radius 1 is 0.800 bits per heavy atom. The molecule has 1 aliphatic heterocycles. The standard InChI is InChI=1S/C18H10O6S/c19-17-14-8-11(10-4-2-1-3-5-10)6-12-7-13(25(21,22)23)9-15(16(12)14)18(20)24-17/h1-9H,(H,21,22,23). The zero-order chi connectivity index (χ0) is 17.8. The lowest BCUT2D eigenvalue weighted by atomic mass is 9.92. The number of hydrogen-bond acceptors (Lipinski definition) is 5. The maximum absolute atomic E-state index is 12.1. The summed E-state index contributed by atoms with van der Waals surface area (Å²) in [6.45, 7) is 0. The average molecular weight is 354 g/mol. The fourth-order valence-corrected chi connectivity index (χ4v) is 3.49. The van der Waals surface area contributed by atoms with Crippen LogP contribution >= 0.6 is 0 Å². The number of ether oxygens (including phenoxy) is 1. The minimum absolute atomic E-state index is 0.0701. The molecule has 6 nitrogen and oxygen atoms in total. The Morgan fingerprint density at radius 2 is 1.44 bits per heavy atom. The summed E-state index contributed by atoms with van der Waals surface area (Å²) in [4.78, 5) is 23.7. The van der Waals surface area contributed by atoms with Crippen molar-refractivity contribution < 1.29 is 27.3 Å². The van der Waals surface area contributed by atoms with Crippen LogP contribution in [0.25, 0.3) is 21.9 Å². The van der Waals surface area contributed by atoms with Crippen molar-refractivity contribution in [2.45, 2.75) is 4.90 Å². The summed E-state index contributed by atoms with van der Waals surface area (Å²) in [5.74, 6) is -1.74. The van der Waals surface area contributed by atoms with E-state index in [1.807, 2.05) is 30.3 Å². The van der Waals surface area contributed by atoms with Crippen LogP contribution < -0.4 is 0 Å². The van der Waals surface area contributed by atoms with Gasteiger partial charge in [0.05, 0.1) is 16.0 Å². The molecular weight excluding hydrogens is 344 g/mol. The van der Waals surface area contributed by atoms with Gasteiger partial charge in [0.15, 0.2) is 0 Å². The highest BCUT2D eigenvalue weighted by molar-refractivity contribution is 7.85. The van der Waals surface area contributed by atoms with Crippen molar-refractivity contribution in [1.29, 1.82) is 0 Å². The van der Waals surface area contributed by atoms with Crippen molar-refractivity contribution in [1.82, 2.24) is 0 Å². The maximum atomic E-state index is 12.1. The molecule has 0 amide bonds. The van der Waals surface area contributed by atoms with Crippen molar-refractivity contribution in [2.24, 2.45) is 0 Å². The van der Waals surface area contributed by atoms with Crippen LogP contribution in [0.4, 0.5) is 0 Å². The summed E-state index contributed by atoms with van der Waals surface area (Å²) in [5, 5.41) is 0.666. The first-order chi connectivity index (χ1) is 11.8. The van der Waals surface area contributed by atoms with Gasteiger partial charge in [-0.2, -0.15) is 8.42 Å². The number of carbonyl (C=O) groups is 2. The van der Waals surface area contributed by atoms with E-state index in [0.717, 1.165) is 11.6 Å². The van der Waals surface area contributed by atoms with E-state index in [4.69, 9.17) is 4.74 Å². The van der Waals surface area contributed by atoms with Gasteiger partial charge in [0.25, 0.3) is 10.1 Å². The lowest BCUT2D eigenvalue weighted by Crippen LogP contribution is -2.20. The SMILES string of the molecule is O=C1OC(=O)c2cc(S(=O)(=O)O)cc3cc(-c4ccccc4)cc1c23. The molecule has 0 atom stereocenters. The second-order valence-electron chi connectivity index (χ2n) is 5.61. The predicted molar refractivity (Wildman–Crippen MR) is 88.9 cm³/mol. The molecule has 0 unspecified atom stereocenters. The molecule has 1 aliphatic rings. The van der Waals surface area contributed by atoms with Crippen molar-refractivity contribution >= 4 is 32.8 Å². The minimum atomic E-state index is -4.52. The van der Waals surface area contributed by atoms with Crippen molar-refractivity contribution in [2.75, 3.05) is 0 Å². The lowest BCUT2D eigenvalue weighted by Gasteiger charge is -2.18. The number of esters is 2. The molecule has 3 aromatic rings.